The topological polar surface area (TPSA) is 79.8 Å². The molecule has 0 unspecified atom stereocenters. The molecule has 138 valence electrons. The number of methoxy groups -OCH3 is 2. The minimum Gasteiger partial charge on any atom is -0.496 e. The first-order valence-corrected chi connectivity index (χ1v) is 8.46. The van der Waals surface area contributed by atoms with E-state index >= 15 is 0 Å². The molecule has 0 spiro atoms. The van der Waals surface area contributed by atoms with E-state index in [1.165, 1.54) is 7.11 Å². The number of rotatable bonds is 6. The fourth-order valence-corrected chi connectivity index (χ4v) is 2.83. The van der Waals surface area contributed by atoms with Gasteiger partial charge in [-0.1, -0.05) is 6.07 Å². The first kappa shape index (κ1) is 17.9. The molecule has 26 heavy (non-hydrogen) atoms. The van der Waals surface area contributed by atoms with Gasteiger partial charge in [-0.2, -0.15) is 4.98 Å². The number of anilines is 2. The van der Waals surface area contributed by atoms with Crippen LogP contribution in [-0.4, -0.2) is 67.7 Å². The number of amides is 1. The molecule has 8 heteroatoms. The van der Waals surface area contributed by atoms with Gasteiger partial charge in [0.05, 0.1) is 20.8 Å². The Bertz CT molecular complexity index is 711. The Morgan fingerprint density at radius 3 is 2.62 bits per heavy atom. The highest BCUT2D eigenvalue weighted by Gasteiger charge is 2.20. The van der Waals surface area contributed by atoms with Crippen LogP contribution in [0.4, 0.5) is 11.6 Å². The van der Waals surface area contributed by atoms with Crippen LogP contribution in [0.3, 0.4) is 0 Å². The molecule has 1 fully saturated rings. The summed E-state index contributed by atoms with van der Waals surface area (Å²) < 4.78 is 10.3. The maximum absolute atomic E-state index is 12.3. The number of carbonyl (C=O) groups excluding carboxylic acids is 1. The molecule has 3 heterocycles. The largest absolute Gasteiger partial charge is 0.496 e. The van der Waals surface area contributed by atoms with Crippen molar-refractivity contribution in [3.05, 3.63) is 36.5 Å². The summed E-state index contributed by atoms with van der Waals surface area (Å²) in [5.74, 6) is 2.25. The van der Waals surface area contributed by atoms with Crippen LogP contribution in [0.25, 0.3) is 0 Å². The van der Waals surface area contributed by atoms with Crippen molar-refractivity contribution in [2.24, 2.45) is 0 Å². The second kappa shape index (κ2) is 8.48. The van der Waals surface area contributed by atoms with E-state index in [1.54, 1.807) is 25.4 Å². The number of ether oxygens (including phenoxy) is 2. The van der Waals surface area contributed by atoms with Crippen molar-refractivity contribution in [1.29, 1.82) is 0 Å². The SMILES string of the molecule is COc1cc(NC(=O)CN2CCN(c3ccccn3)CC2)nc(OC)c1. The summed E-state index contributed by atoms with van der Waals surface area (Å²) in [5.41, 5.74) is 0. The van der Waals surface area contributed by atoms with Crippen molar-refractivity contribution in [2.45, 2.75) is 0 Å². The summed E-state index contributed by atoms with van der Waals surface area (Å²) in [7, 11) is 3.08. The Labute approximate surface area is 152 Å². The number of hydrogen-bond acceptors (Lipinski definition) is 7. The van der Waals surface area contributed by atoms with Crippen molar-refractivity contribution in [2.75, 3.05) is 57.2 Å². The first-order chi connectivity index (χ1) is 12.7. The summed E-state index contributed by atoms with van der Waals surface area (Å²) in [4.78, 5) is 25.3. The van der Waals surface area contributed by atoms with E-state index in [0.717, 1.165) is 32.0 Å². The number of hydrogen-bond donors (Lipinski definition) is 1. The number of piperazine rings is 1. The van der Waals surface area contributed by atoms with Gasteiger partial charge in [-0.15, -0.1) is 0 Å². The molecule has 2 aromatic rings. The fraction of sp³-hybridized carbons (Fsp3) is 0.389. The van der Waals surface area contributed by atoms with Gasteiger partial charge in [0.2, 0.25) is 11.8 Å². The summed E-state index contributed by atoms with van der Waals surface area (Å²) in [6.45, 7) is 3.61. The lowest BCUT2D eigenvalue weighted by atomic mass is 10.3. The molecule has 2 aromatic heterocycles. The molecule has 1 saturated heterocycles. The van der Waals surface area contributed by atoms with Crippen molar-refractivity contribution in [3.63, 3.8) is 0 Å². The van der Waals surface area contributed by atoms with E-state index in [1.807, 2.05) is 18.2 Å². The normalized spacial score (nSPS) is 14.8. The monoisotopic (exact) mass is 357 g/mol. The van der Waals surface area contributed by atoms with E-state index in [2.05, 4.69) is 25.1 Å². The van der Waals surface area contributed by atoms with Crippen molar-refractivity contribution in [3.8, 4) is 11.6 Å². The van der Waals surface area contributed by atoms with Gasteiger partial charge < -0.3 is 19.7 Å². The second-order valence-electron chi connectivity index (χ2n) is 5.93. The Kier molecular flexibility index (Phi) is 5.85. The summed E-state index contributed by atoms with van der Waals surface area (Å²) in [6.07, 6.45) is 1.80. The van der Waals surface area contributed by atoms with Gasteiger partial charge >= 0.3 is 0 Å². The number of aromatic nitrogens is 2. The third-order valence-corrected chi connectivity index (χ3v) is 4.20. The Balaban J connectivity index is 1.52. The third-order valence-electron chi connectivity index (χ3n) is 4.20. The number of carbonyl (C=O) groups is 1. The highest BCUT2D eigenvalue weighted by atomic mass is 16.5. The van der Waals surface area contributed by atoms with E-state index in [4.69, 9.17) is 9.47 Å². The minimum absolute atomic E-state index is 0.112. The lowest BCUT2D eigenvalue weighted by Gasteiger charge is -2.34. The molecule has 0 radical (unpaired) electrons. The molecule has 1 aliphatic heterocycles. The average Bonchev–Trinajstić information content (AvgIpc) is 2.68. The van der Waals surface area contributed by atoms with E-state index in [9.17, 15) is 4.79 Å². The zero-order chi connectivity index (χ0) is 18.4. The molecule has 1 N–H and O–H groups in total. The fourth-order valence-electron chi connectivity index (χ4n) is 2.83. The highest BCUT2D eigenvalue weighted by molar-refractivity contribution is 5.91. The number of pyridine rings is 2. The molecule has 1 amide bonds. The van der Waals surface area contributed by atoms with Crippen molar-refractivity contribution >= 4 is 17.5 Å². The summed E-state index contributed by atoms with van der Waals surface area (Å²) in [6, 6.07) is 9.22. The number of nitrogens with one attached hydrogen (secondary N) is 1. The second-order valence-corrected chi connectivity index (χ2v) is 5.93. The van der Waals surface area contributed by atoms with Gasteiger partial charge in [-0.05, 0) is 12.1 Å². The van der Waals surface area contributed by atoms with Crippen LogP contribution < -0.4 is 19.7 Å². The standard InChI is InChI=1S/C18H23N5O3/c1-25-14-11-15(21-18(12-14)26-2)20-17(24)13-22-7-9-23(10-8-22)16-5-3-4-6-19-16/h3-6,11-12H,7-10,13H2,1-2H3,(H,20,21,24). The Hall–Kier alpha value is -2.87. The van der Waals surface area contributed by atoms with E-state index in [0.29, 0.717) is 24.0 Å². The lowest BCUT2D eigenvalue weighted by Crippen LogP contribution is -2.48. The van der Waals surface area contributed by atoms with Crippen LogP contribution in [0.2, 0.25) is 0 Å². The summed E-state index contributed by atoms with van der Waals surface area (Å²) in [5, 5.41) is 2.80. The summed E-state index contributed by atoms with van der Waals surface area (Å²) >= 11 is 0. The maximum atomic E-state index is 12.3. The smallest absolute Gasteiger partial charge is 0.239 e. The zero-order valence-electron chi connectivity index (χ0n) is 15.0. The predicted molar refractivity (Wildman–Crippen MR) is 98.9 cm³/mol. The third kappa shape index (κ3) is 4.60. The minimum atomic E-state index is -0.112. The van der Waals surface area contributed by atoms with Crippen LogP contribution in [0.5, 0.6) is 11.6 Å². The first-order valence-electron chi connectivity index (χ1n) is 8.46. The van der Waals surface area contributed by atoms with Crippen LogP contribution in [0, 0.1) is 0 Å². The molecule has 1 aliphatic rings. The zero-order valence-corrected chi connectivity index (χ0v) is 15.0. The van der Waals surface area contributed by atoms with Crippen molar-refractivity contribution in [1.82, 2.24) is 14.9 Å². The van der Waals surface area contributed by atoms with Gasteiger partial charge in [0.1, 0.15) is 17.4 Å². The quantitative estimate of drug-likeness (QED) is 0.833. The molecule has 3 rings (SSSR count). The van der Waals surface area contributed by atoms with Gasteiger partial charge in [0, 0.05) is 44.5 Å². The molecular weight excluding hydrogens is 334 g/mol. The van der Waals surface area contributed by atoms with Crippen molar-refractivity contribution < 1.29 is 14.3 Å². The van der Waals surface area contributed by atoms with Crippen LogP contribution in [0.1, 0.15) is 0 Å². The molecule has 0 saturated carbocycles. The molecular formula is C18H23N5O3. The van der Waals surface area contributed by atoms with Gasteiger partial charge in [0.15, 0.2) is 0 Å². The van der Waals surface area contributed by atoms with Gasteiger partial charge in [-0.3, -0.25) is 9.69 Å². The van der Waals surface area contributed by atoms with Crippen LogP contribution >= 0.6 is 0 Å². The van der Waals surface area contributed by atoms with Crippen LogP contribution in [-0.2, 0) is 4.79 Å². The number of nitrogens with zero attached hydrogens (tertiary/aromatic N) is 4. The molecule has 0 bridgehead atoms. The molecule has 0 atom stereocenters. The molecule has 0 aromatic carbocycles. The lowest BCUT2D eigenvalue weighted by molar-refractivity contribution is -0.117. The van der Waals surface area contributed by atoms with E-state index in [-0.39, 0.29) is 5.91 Å². The van der Waals surface area contributed by atoms with E-state index < -0.39 is 0 Å². The van der Waals surface area contributed by atoms with Crippen LogP contribution in [0.15, 0.2) is 36.5 Å². The Morgan fingerprint density at radius 1 is 1.15 bits per heavy atom. The van der Waals surface area contributed by atoms with Gasteiger partial charge in [-0.25, -0.2) is 4.98 Å². The average molecular weight is 357 g/mol. The molecule has 0 aliphatic carbocycles. The predicted octanol–water partition coefficient (Wildman–Crippen LogP) is 1.25. The highest BCUT2D eigenvalue weighted by Crippen LogP contribution is 2.21. The molecule has 8 nitrogen and oxygen atoms in total. The Morgan fingerprint density at radius 2 is 1.96 bits per heavy atom. The van der Waals surface area contributed by atoms with Gasteiger partial charge in [0.25, 0.3) is 0 Å². The maximum Gasteiger partial charge on any atom is 0.239 e.